The molecule has 1 heterocycles. The number of hydrogen-bond acceptors (Lipinski definition) is 5. The van der Waals surface area contributed by atoms with E-state index in [-0.39, 0.29) is 11.8 Å². The van der Waals surface area contributed by atoms with Crippen molar-refractivity contribution in [2.45, 2.75) is 44.7 Å². The van der Waals surface area contributed by atoms with Crippen molar-refractivity contribution in [1.82, 2.24) is 9.97 Å². The van der Waals surface area contributed by atoms with Crippen LogP contribution in [0.5, 0.6) is 0 Å². The second kappa shape index (κ2) is 6.93. The monoisotopic (exact) mass is 303 g/mol. The molecule has 0 spiro atoms. The third-order valence-corrected chi connectivity index (χ3v) is 3.72. The summed E-state index contributed by atoms with van der Waals surface area (Å²) < 4.78 is 38.1. The summed E-state index contributed by atoms with van der Waals surface area (Å²) in [5.74, 6) is 5.75. The quantitative estimate of drug-likeness (QED) is 0.427. The number of nitrogen functional groups attached to an aromatic ring is 1. The first kappa shape index (κ1) is 15.8. The van der Waals surface area contributed by atoms with Crippen LogP contribution in [0.3, 0.4) is 0 Å². The molecule has 2 rings (SSSR count). The molecule has 21 heavy (non-hydrogen) atoms. The van der Waals surface area contributed by atoms with E-state index in [2.05, 4.69) is 20.7 Å². The molecule has 1 fully saturated rings. The zero-order chi connectivity index (χ0) is 15.3. The lowest BCUT2D eigenvalue weighted by Crippen LogP contribution is -2.17. The van der Waals surface area contributed by atoms with Gasteiger partial charge >= 0.3 is 6.18 Å². The number of nitrogens with one attached hydrogen (secondary N) is 2. The van der Waals surface area contributed by atoms with Gasteiger partial charge in [0.25, 0.3) is 0 Å². The summed E-state index contributed by atoms with van der Waals surface area (Å²) in [6.45, 7) is 0.592. The molecule has 4 N–H and O–H groups in total. The van der Waals surface area contributed by atoms with Gasteiger partial charge in [0.05, 0.1) is 0 Å². The summed E-state index contributed by atoms with van der Waals surface area (Å²) in [5.41, 5.74) is 1.04. The predicted octanol–water partition coefficient (Wildman–Crippen LogP) is 3.16. The highest BCUT2D eigenvalue weighted by molar-refractivity contribution is 5.42. The van der Waals surface area contributed by atoms with Gasteiger partial charge in [0.2, 0.25) is 5.95 Å². The highest BCUT2D eigenvalue weighted by atomic mass is 19.4. The van der Waals surface area contributed by atoms with Gasteiger partial charge in [-0.3, -0.25) is 5.43 Å². The molecule has 1 aliphatic rings. The van der Waals surface area contributed by atoms with Crippen LogP contribution >= 0.6 is 0 Å². The summed E-state index contributed by atoms with van der Waals surface area (Å²) >= 11 is 0. The number of nitrogens with two attached hydrogens (primary N) is 1. The second-order valence-electron chi connectivity index (χ2n) is 5.32. The maximum absolute atomic E-state index is 12.7. The van der Waals surface area contributed by atoms with E-state index in [9.17, 15) is 13.2 Å². The first-order valence-electron chi connectivity index (χ1n) is 7.16. The molecule has 0 saturated heterocycles. The van der Waals surface area contributed by atoms with Gasteiger partial charge in [0.1, 0.15) is 5.82 Å². The van der Waals surface area contributed by atoms with Gasteiger partial charge in [0.15, 0.2) is 5.69 Å². The van der Waals surface area contributed by atoms with E-state index in [1.807, 2.05) is 0 Å². The molecule has 1 aliphatic carbocycles. The average Bonchev–Trinajstić information content (AvgIpc) is 2.95. The van der Waals surface area contributed by atoms with Crippen LogP contribution in [0, 0.1) is 5.92 Å². The van der Waals surface area contributed by atoms with Gasteiger partial charge in [-0.1, -0.05) is 25.7 Å². The van der Waals surface area contributed by atoms with Crippen molar-refractivity contribution in [2.24, 2.45) is 11.8 Å². The van der Waals surface area contributed by atoms with E-state index in [1.165, 1.54) is 25.7 Å². The van der Waals surface area contributed by atoms with Crippen LogP contribution in [0.25, 0.3) is 0 Å². The highest BCUT2D eigenvalue weighted by Crippen LogP contribution is 2.30. The smallest absolute Gasteiger partial charge is 0.370 e. The fraction of sp³-hybridized carbons (Fsp3) is 0.692. The zero-order valence-corrected chi connectivity index (χ0v) is 11.7. The Balaban J connectivity index is 1.89. The van der Waals surface area contributed by atoms with Gasteiger partial charge in [0, 0.05) is 12.6 Å². The largest absolute Gasteiger partial charge is 0.433 e. The second-order valence-corrected chi connectivity index (χ2v) is 5.32. The maximum atomic E-state index is 12.7. The fourth-order valence-corrected chi connectivity index (χ4v) is 2.65. The van der Waals surface area contributed by atoms with Crippen molar-refractivity contribution in [1.29, 1.82) is 0 Å². The van der Waals surface area contributed by atoms with E-state index in [1.54, 1.807) is 0 Å². The molecule has 1 aromatic rings. The highest BCUT2D eigenvalue weighted by Gasteiger charge is 2.33. The molecule has 0 radical (unpaired) electrons. The molecule has 0 aromatic carbocycles. The van der Waals surface area contributed by atoms with Crippen LogP contribution in [0.15, 0.2) is 6.07 Å². The third-order valence-electron chi connectivity index (χ3n) is 3.72. The summed E-state index contributed by atoms with van der Waals surface area (Å²) in [6.07, 6.45) is 2.64. The number of nitrogens with zero attached hydrogens (tertiary/aromatic N) is 2. The lowest BCUT2D eigenvalue weighted by atomic mass is 10.0. The first-order valence-corrected chi connectivity index (χ1v) is 7.16. The number of rotatable bonds is 6. The van der Waals surface area contributed by atoms with Gasteiger partial charge in [-0.05, 0) is 18.8 Å². The van der Waals surface area contributed by atoms with E-state index in [4.69, 9.17) is 5.84 Å². The Labute approximate surface area is 121 Å². The number of hydrazine groups is 1. The maximum Gasteiger partial charge on any atom is 0.433 e. The van der Waals surface area contributed by atoms with E-state index in [0.717, 1.165) is 24.8 Å². The van der Waals surface area contributed by atoms with Crippen molar-refractivity contribution in [3.63, 3.8) is 0 Å². The summed E-state index contributed by atoms with van der Waals surface area (Å²) in [7, 11) is 0. The number of anilines is 2. The number of aromatic nitrogens is 2. The zero-order valence-electron chi connectivity index (χ0n) is 11.7. The van der Waals surface area contributed by atoms with Crippen molar-refractivity contribution in [2.75, 3.05) is 17.3 Å². The standard InChI is InChI=1S/C13H20F3N5/c14-13(15,16)10-8-11(20-12(19-10)21-17)18-7-3-6-9-4-1-2-5-9/h8-9H,1-7,17H2,(H2,18,19,20,21). The molecule has 1 aromatic heterocycles. The van der Waals surface area contributed by atoms with Crippen molar-refractivity contribution >= 4 is 11.8 Å². The molecule has 0 unspecified atom stereocenters. The molecule has 8 heteroatoms. The minimum absolute atomic E-state index is 0.136. The summed E-state index contributed by atoms with van der Waals surface area (Å²) in [4.78, 5) is 7.18. The van der Waals surface area contributed by atoms with Crippen LogP contribution in [-0.2, 0) is 6.18 Å². The van der Waals surface area contributed by atoms with Crippen LogP contribution in [0.2, 0.25) is 0 Å². The SMILES string of the molecule is NNc1nc(NCCCC2CCCC2)cc(C(F)(F)F)n1. The number of halogens is 3. The molecule has 0 atom stereocenters. The Kier molecular flexibility index (Phi) is 5.22. The van der Waals surface area contributed by atoms with Gasteiger partial charge in [-0.2, -0.15) is 18.2 Å². The topological polar surface area (TPSA) is 75.9 Å². The Bertz CT molecular complexity index is 458. The normalized spacial score (nSPS) is 16.2. The average molecular weight is 303 g/mol. The number of hydrogen-bond donors (Lipinski definition) is 3. The Morgan fingerprint density at radius 3 is 2.57 bits per heavy atom. The Morgan fingerprint density at radius 1 is 1.24 bits per heavy atom. The van der Waals surface area contributed by atoms with E-state index in [0.29, 0.717) is 6.54 Å². The minimum Gasteiger partial charge on any atom is -0.370 e. The van der Waals surface area contributed by atoms with Crippen molar-refractivity contribution in [3.8, 4) is 0 Å². The molecule has 0 aliphatic heterocycles. The van der Waals surface area contributed by atoms with Crippen molar-refractivity contribution in [3.05, 3.63) is 11.8 Å². The molecular weight excluding hydrogens is 283 g/mol. The van der Waals surface area contributed by atoms with Crippen LogP contribution in [0.1, 0.15) is 44.2 Å². The fourth-order valence-electron chi connectivity index (χ4n) is 2.65. The molecule has 0 bridgehead atoms. The van der Waals surface area contributed by atoms with Crippen molar-refractivity contribution < 1.29 is 13.2 Å². The van der Waals surface area contributed by atoms with Gasteiger partial charge < -0.3 is 5.32 Å². The minimum atomic E-state index is -4.52. The Morgan fingerprint density at radius 2 is 1.95 bits per heavy atom. The van der Waals surface area contributed by atoms with E-state index >= 15 is 0 Å². The molecular formula is C13H20F3N5. The molecule has 118 valence electrons. The predicted molar refractivity (Wildman–Crippen MR) is 74.5 cm³/mol. The van der Waals surface area contributed by atoms with Crippen LogP contribution < -0.4 is 16.6 Å². The lowest BCUT2D eigenvalue weighted by Gasteiger charge is -2.12. The van der Waals surface area contributed by atoms with Crippen LogP contribution in [0.4, 0.5) is 24.9 Å². The van der Waals surface area contributed by atoms with E-state index < -0.39 is 11.9 Å². The molecule has 0 amide bonds. The summed E-state index contributed by atoms with van der Waals surface area (Å²) in [5, 5.41) is 2.91. The lowest BCUT2D eigenvalue weighted by molar-refractivity contribution is -0.141. The number of alkyl halides is 3. The summed E-state index contributed by atoms with van der Waals surface area (Å²) in [6, 6.07) is 0.899. The Hall–Kier alpha value is -1.57. The van der Waals surface area contributed by atoms with Gasteiger partial charge in [-0.25, -0.2) is 10.8 Å². The molecule has 5 nitrogen and oxygen atoms in total. The first-order chi connectivity index (χ1) is 9.99. The molecule has 1 saturated carbocycles. The van der Waals surface area contributed by atoms with Gasteiger partial charge in [-0.15, -0.1) is 0 Å². The third kappa shape index (κ3) is 4.73. The van der Waals surface area contributed by atoms with Crippen LogP contribution in [-0.4, -0.2) is 16.5 Å².